The molecule has 35 heavy (non-hydrogen) atoms. The molecule has 5 rings (SSSR count). The van der Waals surface area contributed by atoms with Crippen molar-refractivity contribution in [2.75, 3.05) is 18.0 Å². The molecule has 2 N–H and O–H groups in total. The van der Waals surface area contributed by atoms with Crippen LogP contribution in [0.1, 0.15) is 28.2 Å². The standard InChI is InChI=1S/C24H23ClN6O3S/c25-22-9-8-21(35-22)24(34)26-13-16-14-31(28-27-16)19-7-6-17(30-11-2-1-5-23(30)33)12-20(19)29-10-3-4-18(32)15-29/h1-2,5-9,11-12,14,18,32H,3-4,10,13,15H2,(H,26,34)/t18-/m1/s1. The average Bonchev–Trinajstić information content (AvgIpc) is 3.52. The molecule has 4 heterocycles. The molecule has 1 aromatic carbocycles. The Bertz CT molecular complexity index is 1410. The minimum atomic E-state index is -0.424. The van der Waals surface area contributed by atoms with Crippen molar-refractivity contribution in [2.45, 2.75) is 25.5 Å². The molecular formula is C24H23ClN6O3S. The van der Waals surface area contributed by atoms with Crippen molar-refractivity contribution in [3.05, 3.63) is 86.2 Å². The summed E-state index contributed by atoms with van der Waals surface area (Å²) < 4.78 is 3.78. The maximum Gasteiger partial charge on any atom is 0.261 e. The Balaban J connectivity index is 1.43. The zero-order valence-electron chi connectivity index (χ0n) is 18.7. The molecule has 0 bridgehead atoms. The molecule has 1 saturated heterocycles. The number of amides is 1. The third kappa shape index (κ3) is 5.14. The molecule has 1 amide bonds. The van der Waals surface area contributed by atoms with Crippen LogP contribution in [0.25, 0.3) is 11.4 Å². The van der Waals surface area contributed by atoms with Gasteiger partial charge in [-0.1, -0.05) is 22.9 Å². The Morgan fingerprint density at radius 3 is 2.86 bits per heavy atom. The van der Waals surface area contributed by atoms with Gasteiger partial charge in [0.15, 0.2) is 0 Å². The van der Waals surface area contributed by atoms with E-state index in [0.717, 1.165) is 36.4 Å². The Morgan fingerprint density at radius 2 is 2.09 bits per heavy atom. The number of aromatic nitrogens is 4. The van der Waals surface area contributed by atoms with Gasteiger partial charge in [-0.25, -0.2) is 4.68 Å². The van der Waals surface area contributed by atoms with Gasteiger partial charge >= 0.3 is 0 Å². The van der Waals surface area contributed by atoms with E-state index in [1.165, 1.54) is 17.4 Å². The summed E-state index contributed by atoms with van der Waals surface area (Å²) in [7, 11) is 0. The second kappa shape index (κ2) is 10.0. The normalized spacial score (nSPS) is 15.8. The quantitative estimate of drug-likeness (QED) is 0.413. The second-order valence-corrected chi connectivity index (χ2v) is 9.98. The van der Waals surface area contributed by atoms with E-state index in [0.29, 0.717) is 21.5 Å². The summed E-state index contributed by atoms with van der Waals surface area (Å²) in [6.07, 6.45) is 4.68. The average molecular weight is 511 g/mol. The zero-order valence-corrected chi connectivity index (χ0v) is 20.2. The number of hydrogen-bond acceptors (Lipinski definition) is 7. The molecule has 0 spiro atoms. The number of piperidine rings is 1. The largest absolute Gasteiger partial charge is 0.391 e. The number of nitrogens with zero attached hydrogens (tertiary/aromatic N) is 5. The van der Waals surface area contributed by atoms with E-state index in [9.17, 15) is 14.7 Å². The second-order valence-electron chi connectivity index (χ2n) is 8.26. The summed E-state index contributed by atoms with van der Waals surface area (Å²) in [5.74, 6) is -0.225. The summed E-state index contributed by atoms with van der Waals surface area (Å²) in [5.41, 5.74) is 2.79. The Hall–Kier alpha value is -3.47. The topological polar surface area (TPSA) is 105 Å². The van der Waals surface area contributed by atoms with Crippen LogP contribution in [-0.4, -0.2) is 49.8 Å². The van der Waals surface area contributed by atoms with Crippen molar-refractivity contribution in [1.82, 2.24) is 24.9 Å². The lowest BCUT2D eigenvalue weighted by Crippen LogP contribution is -2.38. The van der Waals surface area contributed by atoms with Crippen LogP contribution in [0.3, 0.4) is 0 Å². The van der Waals surface area contributed by atoms with Crippen molar-refractivity contribution >= 4 is 34.5 Å². The van der Waals surface area contributed by atoms with Gasteiger partial charge in [0.2, 0.25) is 0 Å². The van der Waals surface area contributed by atoms with E-state index in [-0.39, 0.29) is 18.0 Å². The Kier molecular flexibility index (Phi) is 6.67. The van der Waals surface area contributed by atoms with Crippen LogP contribution in [0.15, 0.2) is 65.7 Å². The minimum Gasteiger partial charge on any atom is -0.391 e. The molecule has 180 valence electrons. The number of benzene rings is 1. The number of hydrogen-bond donors (Lipinski definition) is 2. The van der Waals surface area contributed by atoms with E-state index < -0.39 is 6.10 Å². The fourth-order valence-corrected chi connectivity index (χ4v) is 5.07. The summed E-state index contributed by atoms with van der Waals surface area (Å²) in [5, 5.41) is 21.6. The highest BCUT2D eigenvalue weighted by molar-refractivity contribution is 7.17. The number of halogens is 1. The molecule has 9 nitrogen and oxygen atoms in total. The van der Waals surface area contributed by atoms with Crippen LogP contribution in [-0.2, 0) is 6.54 Å². The molecule has 0 unspecified atom stereocenters. The fraction of sp³-hybridized carbons (Fsp3) is 0.250. The van der Waals surface area contributed by atoms with Gasteiger partial charge in [0.25, 0.3) is 11.5 Å². The van der Waals surface area contributed by atoms with Gasteiger partial charge in [-0.2, -0.15) is 0 Å². The van der Waals surface area contributed by atoms with Crippen LogP contribution < -0.4 is 15.8 Å². The van der Waals surface area contributed by atoms with Gasteiger partial charge in [-0.15, -0.1) is 16.4 Å². The van der Waals surface area contributed by atoms with Gasteiger partial charge < -0.3 is 15.3 Å². The number of thiophene rings is 1. The fourth-order valence-electron chi connectivity index (χ4n) is 4.11. The van der Waals surface area contributed by atoms with E-state index >= 15 is 0 Å². The van der Waals surface area contributed by atoms with Crippen molar-refractivity contribution in [2.24, 2.45) is 0 Å². The highest BCUT2D eigenvalue weighted by Crippen LogP contribution is 2.29. The van der Waals surface area contributed by atoms with Crippen molar-refractivity contribution in [1.29, 1.82) is 0 Å². The van der Waals surface area contributed by atoms with Crippen molar-refractivity contribution in [3.63, 3.8) is 0 Å². The number of carbonyl (C=O) groups excluding carboxylic acids is 1. The SMILES string of the molecule is O=C(NCc1cn(-c2ccc(-n3ccccc3=O)cc2N2CCC[C@@H](O)C2)nn1)c1ccc(Cl)s1. The number of anilines is 1. The molecule has 4 aromatic rings. The van der Waals surface area contributed by atoms with E-state index in [1.54, 1.807) is 39.8 Å². The van der Waals surface area contributed by atoms with Crippen LogP contribution in [0.2, 0.25) is 4.34 Å². The van der Waals surface area contributed by atoms with Crippen LogP contribution in [0.4, 0.5) is 5.69 Å². The first-order valence-electron chi connectivity index (χ1n) is 11.2. The molecule has 0 aliphatic carbocycles. The summed E-state index contributed by atoms with van der Waals surface area (Å²) in [6, 6.07) is 14.1. The third-order valence-electron chi connectivity index (χ3n) is 5.81. The number of pyridine rings is 1. The monoisotopic (exact) mass is 510 g/mol. The van der Waals surface area contributed by atoms with Crippen molar-refractivity contribution < 1.29 is 9.90 Å². The molecule has 1 fully saturated rings. The van der Waals surface area contributed by atoms with Crippen molar-refractivity contribution in [3.8, 4) is 11.4 Å². The number of nitrogens with one attached hydrogen (secondary N) is 1. The molecule has 1 atom stereocenters. The van der Waals surface area contributed by atoms with Crippen LogP contribution >= 0.6 is 22.9 Å². The summed E-state index contributed by atoms with van der Waals surface area (Å²) >= 11 is 7.13. The number of aliphatic hydroxyl groups excluding tert-OH is 1. The summed E-state index contributed by atoms with van der Waals surface area (Å²) in [6.45, 7) is 1.48. The summed E-state index contributed by atoms with van der Waals surface area (Å²) in [4.78, 5) is 27.3. The Morgan fingerprint density at radius 1 is 1.20 bits per heavy atom. The predicted octanol–water partition coefficient (Wildman–Crippen LogP) is 3.02. The van der Waals surface area contributed by atoms with E-state index in [4.69, 9.17) is 11.6 Å². The molecule has 1 aliphatic heterocycles. The lowest BCUT2D eigenvalue weighted by atomic mass is 10.1. The zero-order chi connectivity index (χ0) is 24.4. The van der Waals surface area contributed by atoms with E-state index in [1.807, 2.05) is 24.3 Å². The van der Waals surface area contributed by atoms with Crippen LogP contribution in [0, 0.1) is 0 Å². The number of β-amino-alcohol motifs (C(OH)–C–C–N with tert-alkyl or cyclic N) is 1. The first kappa shape index (κ1) is 23.3. The smallest absolute Gasteiger partial charge is 0.261 e. The number of rotatable bonds is 6. The van der Waals surface area contributed by atoms with Gasteiger partial charge in [0.1, 0.15) is 5.69 Å². The van der Waals surface area contributed by atoms with Gasteiger partial charge in [-0.3, -0.25) is 14.2 Å². The maximum absolute atomic E-state index is 12.4. The van der Waals surface area contributed by atoms with Crippen LogP contribution in [0.5, 0.6) is 0 Å². The van der Waals surface area contributed by atoms with E-state index in [2.05, 4.69) is 20.5 Å². The van der Waals surface area contributed by atoms with Gasteiger partial charge in [0.05, 0.1) is 45.1 Å². The number of carbonyl (C=O) groups is 1. The third-order valence-corrected chi connectivity index (χ3v) is 7.04. The maximum atomic E-state index is 12.4. The van der Waals surface area contributed by atoms with Gasteiger partial charge in [-0.05, 0) is 49.2 Å². The highest BCUT2D eigenvalue weighted by atomic mass is 35.5. The molecule has 0 radical (unpaired) electrons. The molecule has 3 aromatic heterocycles. The lowest BCUT2D eigenvalue weighted by molar-refractivity contribution is 0.0954. The first-order chi connectivity index (χ1) is 17.0. The van der Waals surface area contributed by atoms with Gasteiger partial charge in [0, 0.05) is 25.4 Å². The highest BCUT2D eigenvalue weighted by Gasteiger charge is 2.22. The Labute approximate surface area is 210 Å². The molecular weight excluding hydrogens is 488 g/mol. The molecule has 0 saturated carbocycles. The number of aliphatic hydroxyl groups is 1. The molecule has 11 heteroatoms. The minimum absolute atomic E-state index is 0.129. The predicted molar refractivity (Wildman–Crippen MR) is 135 cm³/mol. The first-order valence-corrected chi connectivity index (χ1v) is 12.4. The lowest BCUT2D eigenvalue weighted by Gasteiger charge is -2.33. The molecule has 1 aliphatic rings.